The van der Waals surface area contributed by atoms with Gasteiger partial charge in [-0.3, -0.25) is 19.3 Å². The topological polar surface area (TPSA) is 171 Å². The minimum Gasteiger partial charge on any atom is -0.507 e. The second-order valence-corrected chi connectivity index (χ2v) is 17.4. The molecule has 2 aliphatic rings. The van der Waals surface area contributed by atoms with Crippen molar-refractivity contribution in [2.45, 2.75) is 108 Å². The Hall–Kier alpha value is -4.69. The molecule has 0 radical (unpaired) electrons. The van der Waals surface area contributed by atoms with Crippen LogP contribution >= 0.6 is 23.4 Å². The Bertz CT molecular complexity index is 2110. The van der Waals surface area contributed by atoms with Crippen LogP contribution in [0, 0.1) is 0 Å². The molecule has 322 valence electrons. The van der Waals surface area contributed by atoms with Gasteiger partial charge in [-0.2, -0.15) is 0 Å². The van der Waals surface area contributed by atoms with E-state index >= 15 is 0 Å². The molecule has 2 aliphatic heterocycles. The van der Waals surface area contributed by atoms with Gasteiger partial charge in [-0.05, 0) is 92.5 Å². The molecule has 0 aliphatic carbocycles. The maximum absolute atomic E-state index is 13.0. The van der Waals surface area contributed by atoms with Gasteiger partial charge < -0.3 is 31.7 Å². The molecular formula is C46H61ClN8O4S. The summed E-state index contributed by atoms with van der Waals surface area (Å²) in [6, 6.07) is 17.4. The fourth-order valence-electron chi connectivity index (χ4n) is 7.36. The van der Waals surface area contributed by atoms with Crippen LogP contribution in [-0.2, 0) is 35.4 Å². The predicted octanol–water partition coefficient (Wildman–Crippen LogP) is 7.92. The van der Waals surface area contributed by atoms with Crippen molar-refractivity contribution in [1.82, 2.24) is 19.8 Å². The third-order valence-corrected chi connectivity index (χ3v) is 12.7. The van der Waals surface area contributed by atoms with Crippen molar-refractivity contribution in [2.24, 2.45) is 5.73 Å². The first kappa shape index (κ1) is 46.4. The van der Waals surface area contributed by atoms with Gasteiger partial charge in [0, 0.05) is 69.1 Å². The summed E-state index contributed by atoms with van der Waals surface area (Å²) in [4.78, 5) is 53.1. The third-order valence-electron chi connectivity index (χ3n) is 11.1. The molecule has 2 fully saturated rings. The van der Waals surface area contributed by atoms with Crippen LogP contribution in [0.5, 0.6) is 5.75 Å². The molecule has 3 heterocycles. The predicted molar refractivity (Wildman–Crippen MR) is 243 cm³/mol. The minimum absolute atomic E-state index is 0.00325. The summed E-state index contributed by atoms with van der Waals surface area (Å²) in [5.74, 6) is 0.756. The van der Waals surface area contributed by atoms with Crippen LogP contribution in [0.15, 0.2) is 70.7 Å². The molecule has 0 saturated carbocycles. The lowest BCUT2D eigenvalue weighted by Crippen LogP contribution is -2.48. The van der Waals surface area contributed by atoms with E-state index < -0.39 is 0 Å². The van der Waals surface area contributed by atoms with Crippen LogP contribution in [0.3, 0.4) is 0 Å². The van der Waals surface area contributed by atoms with Crippen molar-refractivity contribution in [3.63, 3.8) is 0 Å². The van der Waals surface area contributed by atoms with Crippen molar-refractivity contribution in [3.05, 3.63) is 93.6 Å². The Morgan fingerprint density at radius 2 is 1.63 bits per heavy atom. The number of phenols is 1. The van der Waals surface area contributed by atoms with Gasteiger partial charge in [-0.25, -0.2) is 9.97 Å². The van der Waals surface area contributed by atoms with Gasteiger partial charge in [0.2, 0.25) is 11.8 Å². The molecule has 2 amide bonds. The second-order valence-electron chi connectivity index (χ2n) is 16.0. The number of nitrogen functional groups attached to an aromatic ring is 1. The number of nitrogens with two attached hydrogens (primary N) is 2. The van der Waals surface area contributed by atoms with Crippen molar-refractivity contribution >= 4 is 58.3 Å². The van der Waals surface area contributed by atoms with Gasteiger partial charge in [0.05, 0.1) is 22.5 Å². The molecule has 2 saturated heterocycles. The number of hydrogen-bond donors (Lipinski definition) is 4. The average Bonchev–Trinajstić information content (AvgIpc) is 3.23. The van der Waals surface area contributed by atoms with Crippen LogP contribution in [0.4, 0.5) is 17.3 Å². The van der Waals surface area contributed by atoms with Gasteiger partial charge >= 0.3 is 0 Å². The second kappa shape index (κ2) is 21.7. The van der Waals surface area contributed by atoms with Crippen molar-refractivity contribution in [3.8, 4) is 5.75 Å². The number of phenolic OH excluding ortho intramolecular Hbond substituents is 1. The fourth-order valence-corrected chi connectivity index (χ4v) is 8.46. The quantitative estimate of drug-likeness (QED) is 0.0909. The number of nitrogens with one attached hydrogen (secondary N) is 1. The number of benzene rings is 3. The van der Waals surface area contributed by atoms with Crippen molar-refractivity contribution in [2.75, 3.05) is 55.2 Å². The zero-order chi connectivity index (χ0) is 43.4. The molecule has 12 nitrogen and oxygen atoms in total. The van der Waals surface area contributed by atoms with E-state index in [0.717, 1.165) is 82.6 Å². The van der Waals surface area contributed by atoms with E-state index in [1.54, 1.807) is 24.4 Å². The summed E-state index contributed by atoms with van der Waals surface area (Å²) in [5.41, 5.74) is 18.6. The molecule has 4 aromatic rings. The maximum atomic E-state index is 13.0. The number of carbonyl (C=O) groups is 3. The number of carbonyl (C=O) groups excluding carboxylic acids is 3. The molecule has 0 atom stereocenters. The third kappa shape index (κ3) is 12.9. The van der Waals surface area contributed by atoms with Crippen LogP contribution < -0.4 is 21.7 Å². The van der Waals surface area contributed by atoms with Gasteiger partial charge in [-0.1, -0.05) is 80.9 Å². The first-order valence-electron chi connectivity index (χ1n) is 21.1. The SMILES string of the molecule is CCCc1ccc(CN2CCN(C(=O)CCC(=O)Nc3cccc(Sc4ncc(N5CCC(C)(N)CC5)nc4N)c3Cl)CC2)cc1CC.CCc1ccc(O)c(C(C)=O)c1. The lowest BCUT2D eigenvalue weighted by atomic mass is 9.91. The number of hydrogen-bond acceptors (Lipinski definition) is 11. The molecule has 3 aromatic carbocycles. The highest BCUT2D eigenvalue weighted by Crippen LogP contribution is 2.39. The number of Topliss-reactive ketones (excluding diaryl/α,β-unsaturated/α-hetero) is 1. The molecule has 6 N–H and O–H groups in total. The van der Waals surface area contributed by atoms with Gasteiger partial charge in [0.15, 0.2) is 11.6 Å². The summed E-state index contributed by atoms with van der Waals surface area (Å²) in [5, 5.41) is 13.1. The number of piperidine rings is 1. The maximum Gasteiger partial charge on any atom is 0.224 e. The number of rotatable bonds is 14. The van der Waals surface area contributed by atoms with Crippen molar-refractivity contribution in [1.29, 1.82) is 0 Å². The lowest BCUT2D eigenvalue weighted by molar-refractivity contribution is -0.134. The van der Waals surface area contributed by atoms with Gasteiger partial charge in [0.25, 0.3) is 0 Å². The zero-order valence-electron chi connectivity index (χ0n) is 35.7. The van der Waals surface area contributed by atoms with E-state index in [1.807, 2.05) is 30.0 Å². The van der Waals surface area contributed by atoms with E-state index in [1.165, 1.54) is 35.4 Å². The first-order valence-corrected chi connectivity index (χ1v) is 22.3. The summed E-state index contributed by atoms with van der Waals surface area (Å²) >= 11 is 8.00. The van der Waals surface area contributed by atoms with E-state index in [9.17, 15) is 19.5 Å². The first-order chi connectivity index (χ1) is 28.7. The lowest BCUT2D eigenvalue weighted by Gasteiger charge is -2.37. The van der Waals surface area contributed by atoms with Crippen LogP contribution in [-0.4, -0.2) is 87.3 Å². The Labute approximate surface area is 364 Å². The number of anilines is 3. The molecule has 0 spiro atoms. The standard InChI is InChI=1S/C36H49ClN8O2S.C10H12O2/c1-4-7-27-11-10-25(22-26(27)5-2)24-43-18-20-45(21-19-43)32(47)13-12-31(46)41-28-8-6-9-29(33(28)37)48-35-34(38)42-30(23-40-35)44-16-14-36(3,39)15-17-44;1-3-8-4-5-10(12)9(6-8)7(2)11/h6,8-11,22-23H,4-5,7,12-21,24,39H2,1-3H3,(H2,38,42)(H,41,46);4-6,12H,3H2,1-2H3. The normalized spacial score (nSPS) is 15.2. The smallest absolute Gasteiger partial charge is 0.224 e. The number of amides is 2. The molecule has 0 unspecified atom stereocenters. The van der Waals surface area contributed by atoms with E-state index in [0.29, 0.717) is 45.1 Å². The molecule has 60 heavy (non-hydrogen) atoms. The number of halogens is 1. The highest BCUT2D eigenvalue weighted by atomic mass is 35.5. The molecule has 0 bridgehead atoms. The number of aryl methyl sites for hydroxylation is 3. The van der Waals surface area contributed by atoms with Crippen LogP contribution in [0.25, 0.3) is 0 Å². The number of aromatic nitrogens is 2. The molecule has 1 aromatic heterocycles. The molecular weight excluding hydrogens is 796 g/mol. The number of aromatic hydroxyl groups is 1. The summed E-state index contributed by atoms with van der Waals surface area (Å²) in [7, 11) is 0. The van der Waals surface area contributed by atoms with Gasteiger partial charge in [-0.15, -0.1) is 0 Å². The van der Waals surface area contributed by atoms with Crippen molar-refractivity contribution < 1.29 is 19.5 Å². The van der Waals surface area contributed by atoms with Crippen LogP contribution in [0.2, 0.25) is 5.02 Å². The number of ketones is 1. The van der Waals surface area contributed by atoms with E-state index in [2.05, 4.69) is 64.1 Å². The average molecular weight is 858 g/mol. The zero-order valence-corrected chi connectivity index (χ0v) is 37.3. The Kier molecular flexibility index (Phi) is 16.8. The Morgan fingerprint density at radius 1 is 0.917 bits per heavy atom. The number of piperazine rings is 1. The minimum atomic E-state index is -0.261. The summed E-state index contributed by atoms with van der Waals surface area (Å²) in [6.45, 7) is 15.4. The fraction of sp³-hybridized carbons (Fsp3) is 0.457. The monoisotopic (exact) mass is 856 g/mol. The van der Waals surface area contributed by atoms with E-state index in [-0.39, 0.29) is 41.7 Å². The van der Waals surface area contributed by atoms with E-state index in [4.69, 9.17) is 23.1 Å². The highest BCUT2D eigenvalue weighted by molar-refractivity contribution is 7.99. The number of nitrogens with zero attached hydrogens (tertiary/aromatic N) is 5. The van der Waals surface area contributed by atoms with Crippen LogP contribution in [0.1, 0.15) is 99.3 Å². The Morgan fingerprint density at radius 3 is 2.28 bits per heavy atom. The summed E-state index contributed by atoms with van der Waals surface area (Å²) in [6.07, 6.45) is 7.90. The highest BCUT2D eigenvalue weighted by Gasteiger charge is 2.27. The summed E-state index contributed by atoms with van der Waals surface area (Å²) < 4.78 is 0. The molecule has 14 heteroatoms. The Balaban J connectivity index is 0.000000489. The van der Waals surface area contributed by atoms with Gasteiger partial charge in [0.1, 0.15) is 16.6 Å². The molecule has 6 rings (SSSR count). The largest absolute Gasteiger partial charge is 0.507 e.